The molecule has 1 N–H and O–H groups in total. The number of likely N-dealkylation sites (N-methyl/N-ethyl adjacent to an activating group) is 1. The number of benzene rings is 1. The van der Waals surface area contributed by atoms with Gasteiger partial charge in [-0.1, -0.05) is 18.2 Å². The van der Waals surface area contributed by atoms with Gasteiger partial charge in [-0.15, -0.1) is 0 Å². The van der Waals surface area contributed by atoms with E-state index in [1.807, 2.05) is 42.3 Å². The van der Waals surface area contributed by atoms with E-state index in [0.29, 0.717) is 18.2 Å². The topological polar surface area (TPSA) is 58.5 Å². The Hall–Kier alpha value is -2.14. The quantitative estimate of drug-likeness (QED) is 0.868. The van der Waals surface area contributed by atoms with Crippen LogP contribution in [0.5, 0.6) is 11.6 Å². The summed E-state index contributed by atoms with van der Waals surface area (Å²) in [7, 11) is 1.85. The van der Waals surface area contributed by atoms with Gasteiger partial charge in [0.05, 0.1) is 6.61 Å². The number of aromatic nitrogens is 2. The van der Waals surface area contributed by atoms with Gasteiger partial charge in [0.25, 0.3) is 0 Å². The van der Waals surface area contributed by atoms with Crippen LogP contribution in [0, 0.1) is 0 Å². The molecule has 0 spiro atoms. The van der Waals surface area contributed by atoms with Crippen LogP contribution in [0.25, 0.3) is 0 Å². The number of ether oxygens (including phenoxy) is 1. The Labute approximate surface area is 106 Å². The first-order valence-corrected chi connectivity index (χ1v) is 5.66. The summed E-state index contributed by atoms with van der Waals surface area (Å²) in [4.78, 5) is 10.0. The maximum Gasteiger partial charge on any atom is 0.224 e. The average molecular weight is 245 g/mol. The van der Waals surface area contributed by atoms with E-state index < -0.39 is 0 Å². The molecule has 1 aromatic carbocycles. The minimum atomic E-state index is 0.0787. The summed E-state index contributed by atoms with van der Waals surface area (Å²) < 4.78 is 5.61. The molecule has 0 saturated carbocycles. The highest BCUT2D eigenvalue weighted by atomic mass is 16.5. The molecule has 0 bridgehead atoms. The molecule has 5 nitrogen and oxygen atoms in total. The number of anilines is 1. The number of aliphatic hydroxyl groups is 1. The molecule has 0 saturated heterocycles. The Bertz CT molecular complexity index is 491. The molecule has 0 unspecified atom stereocenters. The molecular formula is C13H15N3O2. The minimum absolute atomic E-state index is 0.0787. The fourth-order valence-electron chi connectivity index (χ4n) is 1.47. The first-order chi connectivity index (χ1) is 8.79. The maximum absolute atomic E-state index is 8.89. The van der Waals surface area contributed by atoms with Gasteiger partial charge in [-0.3, -0.25) is 0 Å². The van der Waals surface area contributed by atoms with Crippen LogP contribution in [-0.4, -0.2) is 35.3 Å². The van der Waals surface area contributed by atoms with Gasteiger partial charge in [0.15, 0.2) is 0 Å². The number of nitrogens with zero attached hydrogens (tertiary/aromatic N) is 3. The third-order valence-corrected chi connectivity index (χ3v) is 2.42. The van der Waals surface area contributed by atoms with E-state index in [0.717, 1.165) is 5.75 Å². The zero-order valence-corrected chi connectivity index (χ0v) is 10.2. The van der Waals surface area contributed by atoms with Crippen molar-refractivity contribution in [3.8, 4) is 11.6 Å². The van der Waals surface area contributed by atoms with Gasteiger partial charge in [0.2, 0.25) is 5.88 Å². The van der Waals surface area contributed by atoms with Crippen LogP contribution >= 0.6 is 0 Å². The van der Waals surface area contributed by atoms with Crippen molar-refractivity contribution in [1.29, 1.82) is 0 Å². The lowest BCUT2D eigenvalue weighted by atomic mass is 10.3. The fraction of sp³-hybridized carbons (Fsp3) is 0.231. The van der Waals surface area contributed by atoms with E-state index in [9.17, 15) is 0 Å². The van der Waals surface area contributed by atoms with Gasteiger partial charge in [0.1, 0.15) is 17.9 Å². The van der Waals surface area contributed by atoms with Crippen molar-refractivity contribution in [3.63, 3.8) is 0 Å². The van der Waals surface area contributed by atoms with Crippen molar-refractivity contribution >= 4 is 5.82 Å². The monoisotopic (exact) mass is 245 g/mol. The zero-order chi connectivity index (χ0) is 12.8. The summed E-state index contributed by atoms with van der Waals surface area (Å²) in [6.45, 7) is 0.594. The van der Waals surface area contributed by atoms with Crippen LogP contribution in [0.3, 0.4) is 0 Å². The summed E-state index contributed by atoms with van der Waals surface area (Å²) in [6, 6.07) is 11.2. The van der Waals surface area contributed by atoms with Crippen molar-refractivity contribution in [1.82, 2.24) is 9.97 Å². The molecule has 0 aliphatic heterocycles. The Morgan fingerprint density at radius 3 is 2.72 bits per heavy atom. The van der Waals surface area contributed by atoms with Crippen molar-refractivity contribution in [2.24, 2.45) is 0 Å². The molecule has 5 heteroatoms. The van der Waals surface area contributed by atoms with E-state index in [1.54, 1.807) is 6.07 Å². The van der Waals surface area contributed by atoms with Crippen LogP contribution in [0.1, 0.15) is 0 Å². The van der Waals surface area contributed by atoms with E-state index >= 15 is 0 Å². The lowest BCUT2D eigenvalue weighted by molar-refractivity contribution is 0.303. The molecule has 0 aliphatic carbocycles. The highest BCUT2D eigenvalue weighted by Crippen LogP contribution is 2.21. The summed E-state index contributed by atoms with van der Waals surface area (Å²) in [5, 5.41) is 8.89. The van der Waals surface area contributed by atoms with Crippen molar-refractivity contribution < 1.29 is 9.84 Å². The summed E-state index contributed by atoms with van der Waals surface area (Å²) >= 11 is 0. The van der Waals surface area contributed by atoms with Gasteiger partial charge >= 0.3 is 0 Å². The molecule has 0 radical (unpaired) electrons. The molecule has 1 heterocycles. The highest BCUT2D eigenvalue weighted by Gasteiger charge is 2.05. The van der Waals surface area contributed by atoms with Crippen LogP contribution in [0.4, 0.5) is 5.82 Å². The van der Waals surface area contributed by atoms with Crippen LogP contribution < -0.4 is 9.64 Å². The summed E-state index contributed by atoms with van der Waals surface area (Å²) in [6.07, 6.45) is 1.45. The SMILES string of the molecule is CN(CCO)c1cc(Oc2ccccc2)ncn1. The molecule has 18 heavy (non-hydrogen) atoms. The Morgan fingerprint density at radius 2 is 2.00 bits per heavy atom. The predicted molar refractivity (Wildman–Crippen MR) is 68.9 cm³/mol. The van der Waals surface area contributed by atoms with Gasteiger partial charge in [-0.05, 0) is 12.1 Å². The van der Waals surface area contributed by atoms with Crippen molar-refractivity contribution in [3.05, 3.63) is 42.7 Å². The molecule has 94 valence electrons. The van der Waals surface area contributed by atoms with Crippen LogP contribution in [0.15, 0.2) is 42.7 Å². The van der Waals surface area contributed by atoms with E-state index in [-0.39, 0.29) is 6.61 Å². The third-order valence-electron chi connectivity index (χ3n) is 2.42. The maximum atomic E-state index is 8.89. The van der Waals surface area contributed by atoms with Gasteiger partial charge < -0.3 is 14.7 Å². The van der Waals surface area contributed by atoms with Gasteiger partial charge in [-0.2, -0.15) is 0 Å². The Balaban J connectivity index is 2.12. The number of aliphatic hydroxyl groups excluding tert-OH is 1. The number of hydrogen-bond acceptors (Lipinski definition) is 5. The Kier molecular flexibility index (Phi) is 4.09. The largest absolute Gasteiger partial charge is 0.439 e. The molecule has 0 amide bonds. The molecule has 2 aromatic rings. The molecule has 0 atom stereocenters. The lowest BCUT2D eigenvalue weighted by Crippen LogP contribution is -2.22. The highest BCUT2D eigenvalue weighted by molar-refractivity contribution is 5.40. The smallest absolute Gasteiger partial charge is 0.224 e. The normalized spacial score (nSPS) is 10.1. The Morgan fingerprint density at radius 1 is 1.22 bits per heavy atom. The minimum Gasteiger partial charge on any atom is -0.439 e. The second-order valence-corrected chi connectivity index (χ2v) is 3.77. The number of para-hydroxylation sites is 1. The summed E-state index contributed by atoms with van der Waals surface area (Å²) in [5.41, 5.74) is 0. The molecular weight excluding hydrogens is 230 g/mol. The van der Waals surface area contributed by atoms with E-state index in [1.165, 1.54) is 6.33 Å². The predicted octanol–water partition coefficient (Wildman–Crippen LogP) is 1.70. The van der Waals surface area contributed by atoms with Crippen molar-refractivity contribution in [2.45, 2.75) is 0 Å². The van der Waals surface area contributed by atoms with E-state index in [4.69, 9.17) is 9.84 Å². The lowest BCUT2D eigenvalue weighted by Gasteiger charge is -2.16. The van der Waals surface area contributed by atoms with Crippen LogP contribution in [-0.2, 0) is 0 Å². The average Bonchev–Trinajstić information content (AvgIpc) is 2.40. The second-order valence-electron chi connectivity index (χ2n) is 3.77. The summed E-state index contributed by atoms with van der Waals surface area (Å²) in [5.74, 6) is 1.92. The third kappa shape index (κ3) is 3.18. The fourth-order valence-corrected chi connectivity index (χ4v) is 1.47. The van der Waals surface area contributed by atoms with Crippen LogP contribution in [0.2, 0.25) is 0 Å². The molecule has 0 aliphatic rings. The zero-order valence-electron chi connectivity index (χ0n) is 10.2. The number of rotatable bonds is 5. The molecule has 2 rings (SSSR count). The molecule has 1 aromatic heterocycles. The van der Waals surface area contributed by atoms with Gasteiger partial charge in [0, 0.05) is 19.7 Å². The van der Waals surface area contributed by atoms with Gasteiger partial charge in [-0.25, -0.2) is 9.97 Å². The second kappa shape index (κ2) is 5.97. The molecule has 0 fully saturated rings. The number of hydrogen-bond donors (Lipinski definition) is 1. The standard InChI is InChI=1S/C13H15N3O2/c1-16(7-8-17)12-9-13(15-10-14-12)18-11-5-3-2-4-6-11/h2-6,9-10,17H,7-8H2,1H3. The first-order valence-electron chi connectivity index (χ1n) is 5.66. The first kappa shape index (κ1) is 12.3. The van der Waals surface area contributed by atoms with Crippen molar-refractivity contribution in [2.75, 3.05) is 25.1 Å². The van der Waals surface area contributed by atoms with E-state index in [2.05, 4.69) is 9.97 Å².